The zero-order valence-electron chi connectivity index (χ0n) is 22.9. The van der Waals surface area contributed by atoms with Gasteiger partial charge in [0, 0.05) is 5.39 Å². The number of thiazole rings is 1. The zero-order valence-corrected chi connectivity index (χ0v) is 23.7. The Hall–Kier alpha value is -4.64. The van der Waals surface area contributed by atoms with Gasteiger partial charge in [-0.2, -0.15) is 0 Å². The van der Waals surface area contributed by atoms with Crippen LogP contribution in [0.1, 0.15) is 57.3 Å². The molecule has 10 nitrogen and oxygen atoms in total. The molecule has 3 heterocycles. The zero-order chi connectivity index (χ0) is 29.3. The SMILES string of the molecule is CCCCOc1ccc(C2C(C(=O)c3cc4cccc(OC)c4o3)=C(O)C(=O)N2c2nc(C)c(C(=O)OC)s2)cc1. The Labute approximate surface area is 239 Å². The van der Waals surface area contributed by atoms with Crippen molar-refractivity contribution in [1.82, 2.24) is 4.98 Å². The number of nitrogens with zero attached hydrogens (tertiary/aromatic N) is 2. The summed E-state index contributed by atoms with van der Waals surface area (Å²) in [5, 5.41) is 11.9. The van der Waals surface area contributed by atoms with E-state index in [2.05, 4.69) is 11.9 Å². The van der Waals surface area contributed by atoms with Gasteiger partial charge in [0.25, 0.3) is 5.91 Å². The minimum Gasteiger partial charge on any atom is -0.503 e. The number of hydrogen-bond donors (Lipinski definition) is 1. The van der Waals surface area contributed by atoms with Crippen LogP contribution in [0.2, 0.25) is 0 Å². The van der Waals surface area contributed by atoms with Crippen LogP contribution in [0.4, 0.5) is 5.13 Å². The highest BCUT2D eigenvalue weighted by molar-refractivity contribution is 7.17. The first-order valence-electron chi connectivity index (χ1n) is 12.9. The normalized spacial score (nSPS) is 15.1. The molecule has 2 aromatic carbocycles. The van der Waals surface area contributed by atoms with E-state index in [4.69, 9.17) is 18.6 Å². The van der Waals surface area contributed by atoms with Crippen molar-refractivity contribution in [3.8, 4) is 11.5 Å². The van der Waals surface area contributed by atoms with Gasteiger partial charge in [0.1, 0.15) is 10.6 Å². The minimum absolute atomic E-state index is 0.0733. The second-order valence-electron chi connectivity index (χ2n) is 9.33. The molecule has 212 valence electrons. The fraction of sp³-hybridized carbons (Fsp3) is 0.267. The van der Waals surface area contributed by atoms with E-state index < -0.39 is 29.5 Å². The number of unbranched alkanes of at least 4 members (excludes halogenated alkanes) is 1. The molecule has 0 bridgehead atoms. The third-order valence-electron chi connectivity index (χ3n) is 6.73. The molecular weight excluding hydrogens is 548 g/mol. The number of aliphatic hydroxyl groups is 1. The van der Waals surface area contributed by atoms with Gasteiger partial charge in [0.2, 0.25) is 5.78 Å². The Morgan fingerprint density at radius 3 is 2.59 bits per heavy atom. The van der Waals surface area contributed by atoms with Crippen LogP contribution in [0.5, 0.6) is 11.5 Å². The molecule has 4 aromatic rings. The van der Waals surface area contributed by atoms with Gasteiger partial charge in [-0.05, 0) is 43.2 Å². The lowest BCUT2D eigenvalue weighted by Crippen LogP contribution is -2.31. The summed E-state index contributed by atoms with van der Waals surface area (Å²) in [6.45, 7) is 4.24. The lowest BCUT2D eigenvalue weighted by molar-refractivity contribution is -0.117. The number of anilines is 1. The number of furan rings is 1. The van der Waals surface area contributed by atoms with Gasteiger partial charge in [-0.25, -0.2) is 9.78 Å². The number of ketones is 1. The van der Waals surface area contributed by atoms with Crippen LogP contribution in [-0.2, 0) is 9.53 Å². The van der Waals surface area contributed by atoms with Gasteiger partial charge in [-0.15, -0.1) is 0 Å². The quantitative estimate of drug-likeness (QED) is 0.138. The predicted octanol–water partition coefficient (Wildman–Crippen LogP) is 5.95. The molecule has 0 spiro atoms. The van der Waals surface area contributed by atoms with E-state index in [1.807, 2.05) is 0 Å². The maximum absolute atomic E-state index is 14.0. The van der Waals surface area contributed by atoms with Crippen LogP contribution >= 0.6 is 11.3 Å². The highest BCUT2D eigenvalue weighted by Crippen LogP contribution is 2.44. The van der Waals surface area contributed by atoms with E-state index in [0.717, 1.165) is 24.2 Å². The number of aromatic nitrogens is 1. The summed E-state index contributed by atoms with van der Waals surface area (Å²) >= 11 is 0.934. The van der Waals surface area contributed by atoms with Crippen molar-refractivity contribution in [2.75, 3.05) is 25.7 Å². The molecule has 1 N–H and O–H groups in total. The van der Waals surface area contributed by atoms with E-state index in [0.29, 0.717) is 40.3 Å². The number of aryl methyl sites for hydroxylation is 1. The highest BCUT2D eigenvalue weighted by atomic mass is 32.1. The molecule has 1 aliphatic heterocycles. The fourth-order valence-corrected chi connectivity index (χ4v) is 5.65. The summed E-state index contributed by atoms with van der Waals surface area (Å²) in [6, 6.07) is 12.6. The molecule has 0 radical (unpaired) electrons. The summed E-state index contributed by atoms with van der Waals surface area (Å²) in [6.07, 6.45) is 1.89. The molecule has 11 heteroatoms. The van der Waals surface area contributed by atoms with Crippen LogP contribution in [0.3, 0.4) is 0 Å². The molecule has 1 aliphatic rings. The van der Waals surface area contributed by atoms with E-state index in [1.54, 1.807) is 49.4 Å². The summed E-state index contributed by atoms with van der Waals surface area (Å²) in [5.74, 6) is -1.85. The molecular formula is C30H28N2O8S. The molecule has 1 atom stereocenters. The molecule has 1 unspecified atom stereocenters. The third-order valence-corrected chi connectivity index (χ3v) is 7.87. The number of para-hydroxylation sites is 1. The second kappa shape index (κ2) is 11.5. The van der Waals surface area contributed by atoms with Crippen LogP contribution in [0, 0.1) is 6.92 Å². The number of rotatable bonds is 10. The van der Waals surface area contributed by atoms with Crippen LogP contribution in [-0.4, -0.2) is 48.6 Å². The number of esters is 1. The number of carbonyl (C=O) groups excluding carboxylic acids is 3. The minimum atomic E-state index is -1.06. The van der Waals surface area contributed by atoms with Crippen LogP contribution in [0.15, 0.2) is 64.3 Å². The summed E-state index contributed by atoms with van der Waals surface area (Å²) in [5.41, 5.74) is 1.06. The van der Waals surface area contributed by atoms with Crippen LogP contribution < -0.4 is 14.4 Å². The third kappa shape index (κ3) is 5.04. The van der Waals surface area contributed by atoms with Gasteiger partial charge < -0.3 is 23.7 Å². The van der Waals surface area contributed by atoms with Crippen LogP contribution in [0.25, 0.3) is 11.0 Å². The van der Waals surface area contributed by atoms with Crippen molar-refractivity contribution in [3.63, 3.8) is 0 Å². The second-order valence-corrected chi connectivity index (χ2v) is 10.3. The van der Waals surface area contributed by atoms with E-state index in [-0.39, 0.29) is 21.3 Å². The Bertz CT molecular complexity index is 1670. The molecule has 41 heavy (non-hydrogen) atoms. The highest BCUT2D eigenvalue weighted by Gasteiger charge is 2.47. The Kier molecular flexibility index (Phi) is 7.80. The number of Topliss-reactive ketones (excluding diaryl/α,β-unsaturated/α-hetero) is 1. The van der Waals surface area contributed by atoms with Gasteiger partial charge in [0.05, 0.1) is 38.1 Å². The molecule has 0 saturated carbocycles. The Balaban J connectivity index is 1.60. The molecule has 1 amide bonds. The van der Waals surface area contributed by atoms with E-state index in [9.17, 15) is 19.5 Å². The fourth-order valence-electron chi connectivity index (χ4n) is 4.64. The number of carbonyl (C=O) groups is 3. The number of fused-ring (bicyclic) bond motifs is 1. The largest absolute Gasteiger partial charge is 0.503 e. The first-order valence-corrected chi connectivity index (χ1v) is 13.8. The predicted molar refractivity (Wildman–Crippen MR) is 152 cm³/mol. The number of ether oxygens (including phenoxy) is 3. The average molecular weight is 577 g/mol. The van der Waals surface area contributed by atoms with Crippen molar-refractivity contribution in [2.45, 2.75) is 32.7 Å². The summed E-state index contributed by atoms with van der Waals surface area (Å²) < 4.78 is 21.9. The standard InChI is InChI=1S/C30H28N2O8S/c1-5-6-14-39-19-12-10-17(11-13-19)23-22(24(33)21-15-18-8-7-9-20(37-3)26(18)40-21)25(34)28(35)32(23)30-31-16(2)27(41-30)29(36)38-4/h7-13,15,23,34H,5-6,14H2,1-4H3. The smallest absolute Gasteiger partial charge is 0.350 e. The number of benzene rings is 2. The number of hydrogen-bond acceptors (Lipinski definition) is 10. The first kappa shape index (κ1) is 27.9. The number of aliphatic hydroxyl groups excluding tert-OH is 1. The van der Waals surface area contributed by atoms with Gasteiger partial charge >= 0.3 is 5.97 Å². The molecule has 0 saturated heterocycles. The number of amides is 1. The molecule has 0 aliphatic carbocycles. The van der Waals surface area contributed by atoms with Crippen molar-refractivity contribution >= 4 is 45.1 Å². The number of methoxy groups -OCH3 is 2. The van der Waals surface area contributed by atoms with Gasteiger partial charge in [0.15, 0.2) is 28.0 Å². The van der Waals surface area contributed by atoms with Crippen molar-refractivity contribution in [1.29, 1.82) is 0 Å². The lowest BCUT2D eigenvalue weighted by atomic mass is 9.95. The van der Waals surface area contributed by atoms with Crippen molar-refractivity contribution in [3.05, 3.63) is 81.8 Å². The summed E-state index contributed by atoms with van der Waals surface area (Å²) in [7, 11) is 2.74. The lowest BCUT2D eigenvalue weighted by Gasteiger charge is -2.24. The van der Waals surface area contributed by atoms with Gasteiger partial charge in [-0.1, -0.05) is 48.9 Å². The topological polar surface area (TPSA) is 128 Å². The van der Waals surface area contributed by atoms with Crippen molar-refractivity contribution < 1.29 is 38.1 Å². The molecule has 2 aromatic heterocycles. The maximum atomic E-state index is 14.0. The average Bonchev–Trinajstić information content (AvgIpc) is 3.66. The monoisotopic (exact) mass is 576 g/mol. The van der Waals surface area contributed by atoms with Gasteiger partial charge in [-0.3, -0.25) is 14.5 Å². The Morgan fingerprint density at radius 2 is 1.90 bits per heavy atom. The van der Waals surface area contributed by atoms with E-state index in [1.165, 1.54) is 25.2 Å². The maximum Gasteiger partial charge on any atom is 0.350 e. The van der Waals surface area contributed by atoms with Crippen molar-refractivity contribution in [2.24, 2.45) is 0 Å². The van der Waals surface area contributed by atoms with E-state index >= 15 is 0 Å². The first-order chi connectivity index (χ1) is 19.8. The summed E-state index contributed by atoms with van der Waals surface area (Å²) in [4.78, 5) is 45.6. The molecule has 5 rings (SSSR count). The molecule has 0 fully saturated rings. The Morgan fingerprint density at radius 1 is 1.15 bits per heavy atom.